The first-order valence-electron chi connectivity index (χ1n) is 7.68. The van der Waals surface area contributed by atoms with E-state index < -0.39 is 0 Å². The standard InChI is InChI=1S/C18H18N4OS/c23-18(16-3-1-8-20-13-16)21-22(11-7-17-4-2-12-24-17)14-15-5-9-19-10-6-15/h1-6,8-10,12-13H,7,11,14H2,(H,21,23). The Morgan fingerprint density at radius 2 is 1.96 bits per heavy atom. The van der Waals surface area contributed by atoms with Gasteiger partial charge < -0.3 is 0 Å². The molecule has 0 aliphatic carbocycles. The largest absolute Gasteiger partial charge is 0.284 e. The first-order valence-corrected chi connectivity index (χ1v) is 8.56. The summed E-state index contributed by atoms with van der Waals surface area (Å²) in [5, 5.41) is 4.00. The minimum atomic E-state index is -0.150. The monoisotopic (exact) mass is 338 g/mol. The number of thiophene rings is 1. The van der Waals surface area contributed by atoms with Crippen LogP contribution >= 0.6 is 11.3 Å². The lowest BCUT2D eigenvalue weighted by atomic mass is 10.2. The first kappa shape index (κ1) is 16.3. The van der Waals surface area contributed by atoms with Crippen LogP contribution in [0.25, 0.3) is 0 Å². The lowest BCUT2D eigenvalue weighted by Gasteiger charge is -2.23. The van der Waals surface area contributed by atoms with Gasteiger partial charge in [0, 0.05) is 42.8 Å². The van der Waals surface area contributed by atoms with Crippen LogP contribution in [0.2, 0.25) is 0 Å². The topological polar surface area (TPSA) is 58.1 Å². The third-order valence-electron chi connectivity index (χ3n) is 3.51. The number of carbonyl (C=O) groups is 1. The molecule has 0 aromatic carbocycles. The van der Waals surface area contributed by atoms with Gasteiger partial charge in [0.05, 0.1) is 5.56 Å². The fourth-order valence-corrected chi connectivity index (χ4v) is 2.99. The lowest BCUT2D eigenvalue weighted by Crippen LogP contribution is -2.42. The van der Waals surface area contributed by atoms with E-state index in [2.05, 4.69) is 26.8 Å². The fraction of sp³-hybridized carbons (Fsp3) is 0.167. The van der Waals surface area contributed by atoms with Gasteiger partial charge in [-0.05, 0) is 47.7 Å². The molecule has 3 aromatic heterocycles. The molecule has 3 rings (SSSR count). The molecule has 3 aromatic rings. The lowest BCUT2D eigenvalue weighted by molar-refractivity contribution is 0.0776. The highest BCUT2D eigenvalue weighted by Crippen LogP contribution is 2.11. The predicted molar refractivity (Wildman–Crippen MR) is 94.4 cm³/mol. The molecule has 5 nitrogen and oxygen atoms in total. The van der Waals surface area contributed by atoms with Crippen LogP contribution in [0.4, 0.5) is 0 Å². The van der Waals surface area contributed by atoms with Crippen molar-refractivity contribution in [3.63, 3.8) is 0 Å². The Balaban J connectivity index is 1.67. The molecule has 0 atom stereocenters. The number of aromatic nitrogens is 2. The van der Waals surface area contributed by atoms with Crippen molar-refractivity contribution in [2.24, 2.45) is 0 Å². The van der Waals surface area contributed by atoms with Crippen molar-refractivity contribution < 1.29 is 4.79 Å². The Morgan fingerprint density at radius 1 is 1.08 bits per heavy atom. The van der Waals surface area contributed by atoms with Crippen LogP contribution in [-0.4, -0.2) is 27.4 Å². The van der Waals surface area contributed by atoms with Gasteiger partial charge in [0.1, 0.15) is 0 Å². The highest BCUT2D eigenvalue weighted by Gasteiger charge is 2.12. The third kappa shape index (κ3) is 4.71. The summed E-state index contributed by atoms with van der Waals surface area (Å²) >= 11 is 1.73. The number of pyridine rings is 2. The fourth-order valence-electron chi connectivity index (χ4n) is 2.29. The molecule has 0 saturated carbocycles. The molecule has 0 spiro atoms. The molecule has 3 heterocycles. The van der Waals surface area contributed by atoms with Gasteiger partial charge in [0.25, 0.3) is 5.91 Å². The van der Waals surface area contributed by atoms with Gasteiger partial charge >= 0.3 is 0 Å². The highest BCUT2D eigenvalue weighted by atomic mass is 32.1. The van der Waals surface area contributed by atoms with Crippen LogP contribution in [0, 0.1) is 0 Å². The van der Waals surface area contributed by atoms with Crippen molar-refractivity contribution in [3.05, 3.63) is 82.6 Å². The van der Waals surface area contributed by atoms with Gasteiger partial charge in [-0.2, -0.15) is 0 Å². The number of hydrazine groups is 1. The molecule has 0 unspecified atom stereocenters. The minimum absolute atomic E-state index is 0.150. The van der Waals surface area contributed by atoms with Crippen LogP contribution in [0.15, 0.2) is 66.6 Å². The number of carbonyl (C=O) groups excluding carboxylic acids is 1. The molecule has 0 saturated heterocycles. The average Bonchev–Trinajstić information content (AvgIpc) is 3.15. The van der Waals surface area contributed by atoms with Gasteiger partial charge in [0.2, 0.25) is 0 Å². The van der Waals surface area contributed by atoms with Gasteiger partial charge in [-0.15, -0.1) is 11.3 Å². The molecule has 0 fully saturated rings. The molecule has 0 radical (unpaired) electrons. The molecule has 0 aliphatic rings. The normalized spacial score (nSPS) is 10.7. The van der Waals surface area contributed by atoms with Gasteiger partial charge in [0.15, 0.2) is 0 Å². The van der Waals surface area contributed by atoms with Crippen molar-refractivity contribution in [1.82, 2.24) is 20.4 Å². The first-order chi connectivity index (χ1) is 11.8. The number of hydrogen-bond acceptors (Lipinski definition) is 5. The predicted octanol–water partition coefficient (Wildman–Crippen LogP) is 2.93. The van der Waals surface area contributed by atoms with Crippen LogP contribution in [0.5, 0.6) is 0 Å². The number of hydrogen-bond donors (Lipinski definition) is 1. The van der Waals surface area contributed by atoms with E-state index in [1.165, 1.54) is 4.88 Å². The number of rotatable bonds is 7. The highest BCUT2D eigenvalue weighted by molar-refractivity contribution is 7.09. The van der Waals surface area contributed by atoms with Crippen molar-refractivity contribution in [1.29, 1.82) is 0 Å². The quantitative estimate of drug-likeness (QED) is 0.673. The molecule has 6 heteroatoms. The average molecular weight is 338 g/mol. The Bertz CT molecular complexity index is 747. The zero-order valence-corrected chi connectivity index (χ0v) is 13.9. The van der Waals surface area contributed by atoms with Crippen molar-refractivity contribution in [3.8, 4) is 0 Å². The molecule has 1 N–H and O–H groups in total. The molecular formula is C18H18N4OS. The van der Waals surface area contributed by atoms with Crippen LogP contribution < -0.4 is 5.43 Å². The second-order valence-corrected chi connectivity index (χ2v) is 6.32. The Kier molecular flexibility index (Phi) is 5.65. The molecule has 0 aliphatic heterocycles. The summed E-state index contributed by atoms with van der Waals surface area (Å²) < 4.78 is 0. The van der Waals surface area contributed by atoms with Crippen LogP contribution in [0.1, 0.15) is 20.8 Å². The number of amides is 1. The summed E-state index contributed by atoms with van der Waals surface area (Å²) in [6.07, 6.45) is 7.63. The van der Waals surface area contributed by atoms with Gasteiger partial charge in [-0.1, -0.05) is 6.07 Å². The van der Waals surface area contributed by atoms with E-state index >= 15 is 0 Å². The van der Waals surface area contributed by atoms with E-state index in [4.69, 9.17) is 0 Å². The summed E-state index contributed by atoms with van der Waals surface area (Å²) in [5.41, 5.74) is 4.63. The van der Waals surface area contributed by atoms with Crippen molar-refractivity contribution in [2.45, 2.75) is 13.0 Å². The summed E-state index contributed by atoms with van der Waals surface area (Å²) in [5.74, 6) is -0.150. The second kappa shape index (κ2) is 8.33. The SMILES string of the molecule is O=C(NN(CCc1cccs1)Cc1ccncc1)c1cccnc1. The second-order valence-electron chi connectivity index (χ2n) is 5.29. The Labute approximate surface area is 145 Å². The third-order valence-corrected chi connectivity index (χ3v) is 4.45. The van der Waals surface area contributed by atoms with E-state index in [0.29, 0.717) is 12.1 Å². The van der Waals surface area contributed by atoms with E-state index in [1.54, 1.807) is 48.3 Å². The van der Waals surface area contributed by atoms with Gasteiger partial charge in [-0.3, -0.25) is 20.2 Å². The maximum atomic E-state index is 12.4. The summed E-state index contributed by atoms with van der Waals surface area (Å²) in [4.78, 5) is 21.7. The van der Waals surface area contributed by atoms with Crippen LogP contribution in [0.3, 0.4) is 0 Å². The zero-order valence-electron chi connectivity index (χ0n) is 13.1. The Hall–Kier alpha value is -2.57. The number of nitrogens with zero attached hydrogens (tertiary/aromatic N) is 3. The van der Waals surface area contributed by atoms with Crippen LogP contribution in [-0.2, 0) is 13.0 Å². The molecule has 24 heavy (non-hydrogen) atoms. The summed E-state index contributed by atoms with van der Waals surface area (Å²) in [6.45, 7) is 1.36. The molecule has 1 amide bonds. The maximum absolute atomic E-state index is 12.4. The number of nitrogens with one attached hydrogen (secondary N) is 1. The molecule has 122 valence electrons. The van der Waals surface area contributed by atoms with Gasteiger partial charge in [-0.25, -0.2) is 5.01 Å². The van der Waals surface area contributed by atoms with E-state index in [1.807, 2.05) is 23.2 Å². The zero-order chi connectivity index (χ0) is 16.6. The smallest absolute Gasteiger partial charge is 0.267 e. The van der Waals surface area contributed by atoms with Crippen molar-refractivity contribution in [2.75, 3.05) is 6.54 Å². The van der Waals surface area contributed by atoms with E-state index in [-0.39, 0.29) is 5.91 Å². The summed E-state index contributed by atoms with van der Waals surface area (Å²) in [6, 6.07) is 11.6. The molecule has 0 bridgehead atoms. The minimum Gasteiger partial charge on any atom is -0.284 e. The van der Waals surface area contributed by atoms with E-state index in [9.17, 15) is 4.79 Å². The maximum Gasteiger partial charge on any atom is 0.267 e. The summed E-state index contributed by atoms with van der Waals surface area (Å²) in [7, 11) is 0. The molecular weight excluding hydrogens is 320 g/mol. The van der Waals surface area contributed by atoms with Crippen molar-refractivity contribution >= 4 is 17.2 Å². The van der Waals surface area contributed by atoms with E-state index in [0.717, 1.165) is 18.5 Å². The Morgan fingerprint density at radius 3 is 2.67 bits per heavy atom.